The molecule has 2 heteroatoms. The molecule has 1 unspecified atom stereocenters. The monoisotopic (exact) mass is 345 g/mol. The molecule has 0 saturated carbocycles. The fourth-order valence-corrected chi connectivity index (χ4v) is 3.16. The summed E-state index contributed by atoms with van der Waals surface area (Å²) >= 11 is 3.57. The van der Waals surface area contributed by atoms with Crippen molar-refractivity contribution >= 4 is 15.9 Å². The van der Waals surface area contributed by atoms with Crippen LogP contribution in [0.4, 0.5) is 0 Å². The zero-order valence-corrected chi connectivity index (χ0v) is 14.5. The topological polar surface area (TPSA) is 12.0 Å². The fraction of sp³-hybridized carbons (Fsp3) is 0.368. The first-order chi connectivity index (χ1) is 10.2. The molecule has 0 amide bonds. The van der Waals surface area contributed by atoms with Gasteiger partial charge in [-0.3, -0.25) is 0 Å². The quantitative estimate of drug-likeness (QED) is 0.762. The van der Waals surface area contributed by atoms with Crippen molar-refractivity contribution in [1.82, 2.24) is 5.32 Å². The molecule has 1 atom stereocenters. The van der Waals surface area contributed by atoms with E-state index in [2.05, 4.69) is 83.6 Å². The van der Waals surface area contributed by atoms with Crippen LogP contribution in [0, 0.1) is 12.8 Å². The third-order valence-electron chi connectivity index (χ3n) is 3.87. The third kappa shape index (κ3) is 5.29. The summed E-state index contributed by atoms with van der Waals surface area (Å²) in [6, 6.07) is 17.4. The van der Waals surface area contributed by atoms with Crippen molar-refractivity contribution in [1.29, 1.82) is 0 Å². The predicted octanol–water partition coefficient (Wildman–Crippen LogP) is 4.77. The Morgan fingerprint density at radius 2 is 1.86 bits per heavy atom. The van der Waals surface area contributed by atoms with E-state index < -0.39 is 0 Å². The Morgan fingerprint density at radius 3 is 2.57 bits per heavy atom. The van der Waals surface area contributed by atoms with E-state index in [4.69, 9.17) is 0 Å². The molecule has 0 spiro atoms. The molecule has 2 aromatic carbocycles. The maximum absolute atomic E-state index is 3.57. The van der Waals surface area contributed by atoms with Gasteiger partial charge in [0.25, 0.3) is 0 Å². The molecule has 0 fully saturated rings. The second kappa shape index (κ2) is 8.35. The van der Waals surface area contributed by atoms with Crippen molar-refractivity contribution in [3.63, 3.8) is 0 Å². The van der Waals surface area contributed by atoms with E-state index in [1.54, 1.807) is 0 Å². The second-order valence-corrected chi connectivity index (χ2v) is 6.55. The summed E-state index contributed by atoms with van der Waals surface area (Å²) in [5.41, 5.74) is 4.27. The molecule has 2 rings (SSSR count). The van der Waals surface area contributed by atoms with E-state index in [1.807, 2.05) is 0 Å². The Kier molecular flexibility index (Phi) is 6.47. The average molecular weight is 346 g/mol. The molecule has 2 aromatic rings. The van der Waals surface area contributed by atoms with Gasteiger partial charge in [0.1, 0.15) is 0 Å². The SMILES string of the molecule is CCNCC(Cc1cccc(Br)c1)Cc1ccccc1C. The molecular formula is C19H24BrN. The molecule has 1 N–H and O–H groups in total. The van der Waals surface area contributed by atoms with Crippen molar-refractivity contribution in [2.24, 2.45) is 5.92 Å². The molecule has 0 radical (unpaired) electrons. The van der Waals surface area contributed by atoms with Gasteiger partial charge in [-0.05, 0) is 67.6 Å². The minimum atomic E-state index is 0.625. The Bertz CT molecular complexity index is 565. The molecule has 0 saturated heterocycles. The van der Waals surface area contributed by atoms with Crippen LogP contribution < -0.4 is 5.32 Å². The first-order valence-electron chi connectivity index (χ1n) is 7.68. The number of hydrogen-bond donors (Lipinski definition) is 1. The minimum absolute atomic E-state index is 0.625. The molecule has 0 aliphatic heterocycles. The van der Waals surface area contributed by atoms with Gasteiger partial charge in [0, 0.05) is 4.47 Å². The van der Waals surface area contributed by atoms with Crippen LogP contribution in [0.25, 0.3) is 0 Å². The number of benzene rings is 2. The fourth-order valence-electron chi connectivity index (χ4n) is 2.71. The van der Waals surface area contributed by atoms with E-state index in [0.29, 0.717) is 5.92 Å². The van der Waals surface area contributed by atoms with Crippen LogP contribution in [-0.2, 0) is 12.8 Å². The normalized spacial score (nSPS) is 12.3. The largest absolute Gasteiger partial charge is 0.317 e. The molecule has 0 bridgehead atoms. The van der Waals surface area contributed by atoms with Gasteiger partial charge < -0.3 is 5.32 Å². The Labute approximate surface area is 136 Å². The van der Waals surface area contributed by atoms with E-state index in [0.717, 1.165) is 30.4 Å². The number of halogens is 1. The number of rotatable bonds is 7. The van der Waals surface area contributed by atoms with E-state index >= 15 is 0 Å². The lowest BCUT2D eigenvalue weighted by Crippen LogP contribution is -2.26. The third-order valence-corrected chi connectivity index (χ3v) is 4.36. The molecular weight excluding hydrogens is 322 g/mol. The second-order valence-electron chi connectivity index (χ2n) is 5.64. The lowest BCUT2D eigenvalue weighted by Gasteiger charge is -2.19. The highest BCUT2D eigenvalue weighted by atomic mass is 79.9. The smallest absolute Gasteiger partial charge is 0.0177 e. The summed E-state index contributed by atoms with van der Waals surface area (Å²) in [4.78, 5) is 0. The van der Waals surface area contributed by atoms with Gasteiger partial charge in [0.05, 0.1) is 0 Å². The van der Waals surface area contributed by atoms with Crippen LogP contribution in [-0.4, -0.2) is 13.1 Å². The van der Waals surface area contributed by atoms with Crippen LogP contribution in [0.3, 0.4) is 0 Å². The Hall–Kier alpha value is -1.12. The lowest BCUT2D eigenvalue weighted by atomic mass is 9.90. The number of aryl methyl sites for hydroxylation is 1. The Balaban J connectivity index is 2.09. The van der Waals surface area contributed by atoms with E-state index in [-0.39, 0.29) is 0 Å². The first kappa shape index (κ1) is 16.3. The van der Waals surface area contributed by atoms with Gasteiger partial charge in [-0.15, -0.1) is 0 Å². The molecule has 21 heavy (non-hydrogen) atoms. The van der Waals surface area contributed by atoms with Crippen LogP contribution in [0.5, 0.6) is 0 Å². The zero-order valence-electron chi connectivity index (χ0n) is 12.9. The van der Waals surface area contributed by atoms with Gasteiger partial charge in [-0.2, -0.15) is 0 Å². The summed E-state index contributed by atoms with van der Waals surface area (Å²) in [5.74, 6) is 0.625. The highest BCUT2D eigenvalue weighted by Gasteiger charge is 2.12. The lowest BCUT2D eigenvalue weighted by molar-refractivity contribution is 0.477. The van der Waals surface area contributed by atoms with Gasteiger partial charge in [-0.1, -0.05) is 59.3 Å². The van der Waals surface area contributed by atoms with E-state index in [1.165, 1.54) is 16.7 Å². The van der Waals surface area contributed by atoms with Crippen molar-refractivity contribution < 1.29 is 0 Å². The van der Waals surface area contributed by atoms with Gasteiger partial charge >= 0.3 is 0 Å². The number of hydrogen-bond acceptors (Lipinski definition) is 1. The van der Waals surface area contributed by atoms with Crippen molar-refractivity contribution in [2.75, 3.05) is 13.1 Å². The van der Waals surface area contributed by atoms with Crippen LogP contribution in [0.2, 0.25) is 0 Å². The highest BCUT2D eigenvalue weighted by molar-refractivity contribution is 9.10. The van der Waals surface area contributed by atoms with E-state index in [9.17, 15) is 0 Å². The van der Waals surface area contributed by atoms with Gasteiger partial charge in [0.2, 0.25) is 0 Å². The predicted molar refractivity (Wildman–Crippen MR) is 94.8 cm³/mol. The van der Waals surface area contributed by atoms with Crippen molar-refractivity contribution in [3.05, 3.63) is 69.7 Å². The van der Waals surface area contributed by atoms with Crippen molar-refractivity contribution in [2.45, 2.75) is 26.7 Å². The molecule has 0 aromatic heterocycles. The minimum Gasteiger partial charge on any atom is -0.317 e. The van der Waals surface area contributed by atoms with Gasteiger partial charge in [0.15, 0.2) is 0 Å². The molecule has 112 valence electrons. The van der Waals surface area contributed by atoms with Gasteiger partial charge in [-0.25, -0.2) is 0 Å². The van der Waals surface area contributed by atoms with Crippen LogP contribution in [0.15, 0.2) is 53.0 Å². The maximum atomic E-state index is 3.57. The molecule has 0 aliphatic rings. The highest BCUT2D eigenvalue weighted by Crippen LogP contribution is 2.19. The zero-order chi connectivity index (χ0) is 15.1. The van der Waals surface area contributed by atoms with Crippen LogP contribution >= 0.6 is 15.9 Å². The number of nitrogens with one attached hydrogen (secondary N) is 1. The summed E-state index contributed by atoms with van der Waals surface area (Å²) in [6.07, 6.45) is 2.24. The molecule has 0 heterocycles. The summed E-state index contributed by atoms with van der Waals surface area (Å²) in [5, 5.41) is 3.51. The van der Waals surface area contributed by atoms with Crippen LogP contribution in [0.1, 0.15) is 23.6 Å². The standard InChI is InChI=1S/C19H24BrN/c1-3-21-14-17(11-16-8-6-10-19(20)13-16)12-18-9-5-4-7-15(18)2/h4-10,13,17,21H,3,11-12,14H2,1-2H3. The van der Waals surface area contributed by atoms with Crippen molar-refractivity contribution in [3.8, 4) is 0 Å². The summed E-state index contributed by atoms with van der Waals surface area (Å²) in [6.45, 7) is 6.47. The molecule has 1 nitrogen and oxygen atoms in total. The first-order valence-corrected chi connectivity index (χ1v) is 8.48. The maximum Gasteiger partial charge on any atom is 0.0177 e. The Morgan fingerprint density at radius 1 is 1.05 bits per heavy atom. The summed E-state index contributed by atoms with van der Waals surface area (Å²) < 4.78 is 1.16. The summed E-state index contributed by atoms with van der Waals surface area (Å²) in [7, 11) is 0. The molecule has 0 aliphatic carbocycles. The average Bonchev–Trinajstić information content (AvgIpc) is 2.47.